The molecule has 3 aromatic rings. The molecule has 0 aliphatic carbocycles. The summed E-state index contributed by atoms with van der Waals surface area (Å²) in [6.07, 6.45) is 0. The molecule has 2 heterocycles. The number of hydrogen-bond acceptors (Lipinski definition) is 6. The maximum absolute atomic E-state index is 12.6. The number of fused-ring (bicyclic) bond motifs is 1. The van der Waals surface area contributed by atoms with Crippen molar-refractivity contribution in [3.05, 3.63) is 41.2 Å². The molecule has 0 spiro atoms. The monoisotopic (exact) mass is 371 g/mol. The molecule has 2 aromatic heterocycles. The molecule has 0 radical (unpaired) electrons. The minimum absolute atomic E-state index is 0.140. The predicted octanol–water partition coefficient (Wildman–Crippen LogP) is 3.18. The van der Waals surface area contributed by atoms with E-state index in [2.05, 4.69) is 20.4 Å². The third-order valence-electron chi connectivity index (χ3n) is 3.86. The third-order valence-corrected chi connectivity index (χ3v) is 4.81. The van der Waals surface area contributed by atoms with Crippen LogP contribution in [0.2, 0.25) is 0 Å². The fraction of sp³-hybridized carbons (Fsp3) is 0.333. The maximum atomic E-state index is 12.6. The molecule has 1 N–H and O–H groups in total. The molecule has 0 aliphatic heterocycles. The SMILES string of the molecule is COc1ccc(C)cc1NC(=O)C(C)Sc1nc2nc(C)cc(C)n2n1. The zero-order chi connectivity index (χ0) is 18.8. The van der Waals surface area contributed by atoms with Gasteiger partial charge < -0.3 is 10.1 Å². The Morgan fingerprint density at radius 2 is 2.00 bits per heavy atom. The quantitative estimate of drug-likeness (QED) is 0.694. The highest BCUT2D eigenvalue weighted by Gasteiger charge is 2.19. The molecule has 0 saturated heterocycles. The van der Waals surface area contributed by atoms with E-state index in [9.17, 15) is 4.79 Å². The van der Waals surface area contributed by atoms with Gasteiger partial charge in [0, 0.05) is 11.4 Å². The van der Waals surface area contributed by atoms with Crippen LogP contribution in [0.25, 0.3) is 5.78 Å². The van der Waals surface area contributed by atoms with Crippen molar-refractivity contribution in [1.82, 2.24) is 19.6 Å². The molecule has 0 saturated carbocycles. The average Bonchev–Trinajstić information content (AvgIpc) is 2.97. The number of rotatable bonds is 5. The standard InChI is InChI=1S/C18H21N5O2S/c1-10-6-7-15(25-5)14(8-10)20-16(24)13(4)26-18-21-17-19-11(2)9-12(3)23(17)22-18/h6-9,13H,1-5H3,(H,20,24). The molecule has 8 heteroatoms. The van der Waals surface area contributed by atoms with Gasteiger partial charge in [0.2, 0.25) is 11.1 Å². The number of methoxy groups -OCH3 is 1. The molecular formula is C18H21N5O2S. The number of aryl methyl sites for hydroxylation is 3. The van der Waals surface area contributed by atoms with E-state index in [4.69, 9.17) is 4.74 Å². The van der Waals surface area contributed by atoms with Crippen LogP contribution >= 0.6 is 11.8 Å². The van der Waals surface area contributed by atoms with Crippen molar-refractivity contribution < 1.29 is 9.53 Å². The summed E-state index contributed by atoms with van der Waals surface area (Å²) in [6, 6.07) is 7.59. The van der Waals surface area contributed by atoms with E-state index in [1.165, 1.54) is 11.8 Å². The molecule has 0 aliphatic rings. The van der Waals surface area contributed by atoms with E-state index in [0.29, 0.717) is 22.4 Å². The van der Waals surface area contributed by atoms with Crippen molar-refractivity contribution in [1.29, 1.82) is 0 Å². The lowest BCUT2D eigenvalue weighted by atomic mass is 10.2. The Morgan fingerprint density at radius 3 is 2.73 bits per heavy atom. The van der Waals surface area contributed by atoms with Gasteiger partial charge in [0.15, 0.2) is 0 Å². The van der Waals surface area contributed by atoms with Crippen LogP contribution in [-0.4, -0.2) is 37.8 Å². The molecule has 1 aromatic carbocycles. The zero-order valence-electron chi connectivity index (χ0n) is 15.4. The Hall–Kier alpha value is -2.61. The molecule has 1 unspecified atom stereocenters. The molecule has 1 atom stereocenters. The number of thioether (sulfide) groups is 1. The number of hydrogen-bond donors (Lipinski definition) is 1. The number of carbonyl (C=O) groups excluding carboxylic acids is 1. The van der Waals surface area contributed by atoms with Gasteiger partial charge in [-0.2, -0.15) is 4.98 Å². The van der Waals surface area contributed by atoms with Crippen LogP contribution in [0.1, 0.15) is 23.9 Å². The number of benzene rings is 1. The van der Waals surface area contributed by atoms with Crippen LogP contribution in [0.3, 0.4) is 0 Å². The Balaban J connectivity index is 1.75. The van der Waals surface area contributed by atoms with Crippen LogP contribution in [0.4, 0.5) is 5.69 Å². The Labute approximate surface area is 156 Å². The number of carbonyl (C=O) groups is 1. The number of nitrogens with one attached hydrogen (secondary N) is 1. The molecule has 136 valence electrons. The van der Waals surface area contributed by atoms with E-state index in [1.807, 2.05) is 52.0 Å². The Kier molecular flexibility index (Phi) is 5.13. The minimum Gasteiger partial charge on any atom is -0.495 e. The van der Waals surface area contributed by atoms with Crippen LogP contribution in [-0.2, 0) is 4.79 Å². The first kappa shape index (κ1) is 18.2. The fourth-order valence-corrected chi connectivity index (χ4v) is 3.31. The van der Waals surface area contributed by atoms with Crippen molar-refractivity contribution in [3.63, 3.8) is 0 Å². The summed E-state index contributed by atoms with van der Waals surface area (Å²) in [6.45, 7) is 7.65. The normalized spacial score (nSPS) is 12.2. The summed E-state index contributed by atoms with van der Waals surface area (Å²) in [5.74, 6) is 1.03. The number of aromatic nitrogens is 4. The predicted molar refractivity (Wildman–Crippen MR) is 102 cm³/mol. The number of ether oxygens (including phenoxy) is 1. The Morgan fingerprint density at radius 1 is 1.23 bits per heavy atom. The first-order chi connectivity index (χ1) is 12.4. The van der Waals surface area contributed by atoms with Gasteiger partial charge in [-0.05, 0) is 51.5 Å². The summed E-state index contributed by atoms with van der Waals surface area (Å²) in [5, 5.41) is 7.49. The second kappa shape index (κ2) is 7.33. The van der Waals surface area contributed by atoms with Crippen molar-refractivity contribution in [2.24, 2.45) is 0 Å². The third kappa shape index (κ3) is 3.80. The van der Waals surface area contributed by atoms with Crippen LogP contribution in [0.15, 0.2) is 29.4 Å². The molecule has 7 nitrogen and oxygen atoms in total. The minimum atomic E-state index is -0.376. The highest BCUT2D eigenvalue weighted by atomic mass is 32.2. The van der Waals surface area contributed by atoms with E-state index < -0.39 is 0 Å². The van der Waals surface area contributed by atoms with E-state index in [1.54, 1.807) is 11.6 Å². The lowest BCUT2D eigenvalue weighted by molar-refractivity contribution is -0.115. The fourth-order valence-electron chi connectivity index (χ4n) is 2.56. The molecular weight excluding hydrogens is 350 g/mol. The van der Waals surface area contributed by atoms with Gasteiger partial charge in [0.05, 0.1) is 18.0 Å². The highest BCUT2D eigenvalue weighted by molar-refractivity contribution is 8.00. The topological polar surface area (TPSA) is 81.4 Å². The van der Waals surface area contributed by atoms with Crippen LogP contribution in [0, 0.1) is 20.8 Å². The van der Waals surface area contributed by atoms with E-state index in [-0.39, 0.29) is 11.2 Å². The van der Waals surface area contributed by atoms with Gasteiger partial charge in [-0.3, -0.25) is 4.79 Å². The molecule has 0 fully saturated rings. The summed E-state index contributed by atoms with van der Waals surface area (Å²) < 4.78 is 6.99. The highest BCUT2D eigenvalue weighted by Crippen LogP contribution is 2.27. The van der Waals surface area contributed by atoms with Crippen molar-refractivity contribution in [2.75, 3.05) is 12.4 Å². The van der Waals surface area contributed by atoms with Gasteiger partial charge >= 0.3 is 0 Å². The molecule has 3 rings (SSSR count). The van der Waals surface area contributed by atoms with Crippen LogP contribution < -0.4 is 10.1 Å². The average molecular weight is 371 g/mol. The van der Waals surface area contributed by atoms with E-state index >= 15 is 0 Å². The number of anilines is 1. The van der Waals surface area contributed by atoms with Crippen molar-refractivity contribution in [2.45, 2.75) is 38.1 Å². The first-order valence-corrected chi connectivity index (χ1v) is 9.08. The molecule has 26 heavy (non-hydrogen) atoms. The first-order valence-electron chi connectivity index (χ1n) is 8.20. The van der Waals surface area contributed by atoms with Crippen molar-refractivity contribution in [3.8, 4) is 5.75 Å². The summed E-state index contributed by atoms with van der Waals surface area (Å²) in [5.41, 5.74) is 3.53. The van der Waals surface area contributed by atoms with Gasteiger partial charge in [-0.15, -0.1) is 5.10 Å². The lowest BCUT2D eigenvalue weighted by Gasteiger charge is -2.13. The van der Waals surface area contributed by atoms with Gasteiger partial charge in [0.1, 0.15) is 5.75 Å². The smallest absolute Gasteiger partial charge is 0.253 e. The lowest BCUT2D eigenvalue weighted by Crippen LogP contribution is -2.23. The van der Waals surface area contributed by atoms with Gasteiger partial charge in [-0.1, -0.05) is 17.8 Å². The maximum Gasteiger partial charge on any atom is 0.253 e. The number of nitrogens with zero attached hydrogens (tertiary/aromatic N) is 4. The van der Waals surface area contributed by atoms with Gasteiger partial charge in [0.25, 0.3) is 5.78 Å². The summed E-state index contributed by atoms with van der Waals surface area (Å²) in [7, 11) is 1.58. The summed E-state index contributed by atoms with van der Waals surface area (Å²) in [4.78, 5) is 21.3. The summed E-state index contributed by atoms with van der Waals surface area (Å²) >= 11 is 1.29. The molecule has 0 bridgehead atoms. The second-order valence-electron chi connectivity index (χ2n) is 6.10. The zero-order valence-corrected chi connectivity index (χ0v) is 16.2. The second-order valence-corrected chi connectivity index (χ2v) is 7.41. The number of amides is 1. The van der Waals surface area contributed by atoms with E-state index in [0.717, 1.165) is 17.0 Å². The van der Waals surface area contributed by atoms with Crippen LogP contribution in [0.5, 0.6) is 5.75 Å². The molecule has 1 amide bonds. The van der Waals surface area contributed by atoms with Crippen molar-refractivity contribution >= 4 is 29.1 Å². The Bertz CT molecular complexity index is 970. The van der Waals surface area contributed by atoms with Gasteiger partial charge in [-0.25, -0.2) is 9.50 Å². The largest absolute Gasteiger partial charge is 0.495 e.